The number of fused-ring (bicyclic) bond motifs is 1. The molecular weight excluding hydrogens is 804 g/mol. The number of ether oxygens (including phenoxy) is 1. The topological polar surface area (TPSA) is 179 Å². The van der Waals surface area contributed by atoms with Gasteiger partial charge in [-0.15, -0.1) is 0 Å². The van der Waals surface area contributed by atoms with Gasteiger partial charge in [-0.1, -0.05) is 54.9 Å². The van der Waals surface area contributed by atoms with Crippen molar-refractivity contribution < 1.29 is 29.3 Å². The van der Waals surface area contributed by atoms with Crippen LogP contribution in [0.15, 0.2) is 114 Å². The molecule has 0 bridgehead atoms. The number of phenolic OH excluding ortho intramolecular Hbond substituents is 2. The second-order valence-corrected chi connectivity index (χ2v) is 16.2. The molecule has 1 fully saturated rings. The lowest BCUT2D eigenvalue weighted by Gasteiger charge is -2.32. The van der Waals surface area contributed by atoms with Crippen molar-refractivity contribution in [2.45, 2.75) is 57.9 Å². The fourth-order valence-corrected chi connectivity index (χ4v) is 8.32. The smallest absolute Gasteiger partial charge is 0.255 e. The first-order valence-corrected chi connectivity index (χ1v) is 21.0. The molecule has 318 valence electrons. The number of benzene rings is 5. The zero-order valence-electron chi connectivity index (χ0n) is 34.8. The highest BCUT2D eigenvalue weighted by Gasteiger charge is 2.34. The molecule has 5 aromatic rings. The summed E-state index contributed by atoms with van der Waals surface area (Å²) in [6.07, 6.45) is 2.71. The van der Waals surface area contributed by atoms with E-state index in [4.69, 9.17) is 26.7 Å². The Morgan fingerprint density at radius 1 is 0.903 bits per heavy atom. The van der Waals surface area contributed by atoms with Crippen LogP contribution in [0.5, 0.6) is 17.2 Å². The molecule has 12 nitrogen and oxygen atoms in total. The number of carbonyl (C=O) groups is 3. The quantitative estimate of drug-likeness (QED) is 0.0471. The average molecular weight is 853 g/mol. The Hall–Kier alpha value is -6.79. The summed E-state index contributed by atoms with van der Waals surface area (Å²) in [6, 6.07) is 30.8. The molecule has 2 aliphatic rings. The first-order chi connectivity index (χ1) is 29.8. The molecule has 2 atom stereocenters. The SMILES string of the molecule is CCC(Cc1cccc(C2CCN(C(=O)c3ccc(NC(=O)c4ccc(O)c(O)c4)cc3)CC2)c1)C(=O)CC1N=C(c2ccc(Cl)cc2)c2cc(OC)ccc2N(C(C)=N)C1=N. The lowest BCUT2D eigenvalue weighted by Crippen LogP contribution is -2.41. The molecule has 5 aromatic carbocycles. The van der Waals surface area contributed by atoms with Crippen LogP contribution in [0.3, 0.4) is 0 Å². The monoisotopic (exact) mass is 852 g/mol. The van der Waals surface area contributed by atoms with Gasteiger partial charge in [0.25, 0.3) is 11.8 Å². The number of benzodiazepines with no additional fused rings is 1. The number of rotatable bonds is 12. The molecule has 0 radical (unpaired) electrons. The summed E-state index contributed by atoms with van der Waals surface area (Å²) in [6.45, 7) is 4.80. The number of amidine groups is 2. The predicted octanol–water partition coefficient (Wildman–Crippen LogP) is 9.26. The lowest BCUT2D eigenvalue weighted by molar-refractivity contribution is -0.123. The Balaban J connectivity index is 1.000. The van der Waals surface area contributed by atoms with Gasteiger partial charge < -0.3 is 25.2 Å². The van der Waals surface area contributed by atoms with E-state index < -0.39 is 11.9 Å². The number of nitrogens with zero attached hydrogens (tertiary/aromatic N) is 3. The van der Waals surface area contributed by atoms with Gasteiger partial charge in [0.15, 0.2) is 11.5 Å². The van der Waals surface area contributed by atoms with E-state index in [0.29, 0.717) is 64.9 Å². The average Bonchev–Trinajstić information content (AvgIpc) is 3.40. The van der Waals surface area contributed by atoms with Crippen LogP contribution in [0.2, 0.25) is 5.02 Å². The second-order valence-electron chi connectivity index (χ2n) is 15.7. The minimum Gasteiger partial charge on any atom is -0.504 e. The Morgan fingerprint density at radius 3 is 2.27 bits per heavy atom. The number of ketones is 1. The maximum Gasteiger partial charge on any atom is 0.255 e. The van der Waals surface area contributed by atoms with Crippen LogP contribution < -0.4 is 15.0 Å². The number of nitrogens with one attached hydrogen (secondary N) is 3. The molecule has 2 heterocycles. The number of halogens is 1. The van der Waals surface area contributed by atoms with Gasteiger partial charge >= 0.3 is 0 Å². The first-order valence-electron chi connectivity index (χ1n) is 20.6. The number of anilines is 2. The molecule has 7 rings (SSSR count). The van der Waals surface area contributed by atoms with Gasteiger partial charge in [0.05, 0.1) is 18.5 Å². The highest BCUT2D eigenvalue weighted by Crippen LogP contribution is 2.35. The van der Waals surface area contributed by atoms with Crippen molar-refractivity contribution in [1.82, 2.24) is 4.90 Å². The third-order valence-electron chi connectivity index (χ3n) is 11.7. The molecule has 0 saturated carbocycles. The van der Waals surface area contributed by atoms with Crippen LogP contribution in [-0.4, -0.2) is 76.3 Å². The zero-order valence-corrected chi connectivity index (χ0v) is 35.6. The van der Waals surface area contributed by atoms with Crippen LogP contribution in [0, 0.1) is 16.7 Å². The van der Waals surface area contributed by atoms with Crippen molar-refractivity contribution in [3.05, 3.63) is 148 Å². The maximum atomic E-state index is 14.2. The molecule has 1 saturated heterocycles. The molecule has 2 aliphatic heterocycles. The fraction of sp³-hybridized carbons (Fsp3) is 0.265. The van der Waals surface area contributed by atoms with Gasteiger partial charge in [-0.05, 0) is 122 Å². The van der Waals surface area contributed by atoms with Gasteiger partial charge in [-0.3, -0.25) is 35.1 Å². The van der Waals surface area contributed by atoms with Crippen molar-refractivity contribution >= 4 is 58.0 Å². The minimum absolute atomic E-state index is 0.00191. The lowest BCUT2D eigenvalue weighted by atomic mass is 9.85. The maximum absolute atomic E-state index is 14.2. The van der Waals surface area contributed by atoms with Crippen molar-refractivity contribution in [3.8, 4) is 17.2 Å². The summed E-state index contributed by atoms with van der Waals surface area (Å²) in [5, 5.41) is 40.6. The summed E-state index contributed by atoms with van der Waals surface area (Å²) in [4.78, 5) is 48.8. The molecule has 2 unspecified atom stereocenters. The number of Topliss-reactive ketones (excluding diaryl/α,β-unsaturated/α-hetero) is 1. The number of carbonyl (C=O) groups excluding carboxylic acids is 3. The van der Waals surface area contributed by atoms with Crippen molar-refractivity contribution in [2.24, 2.45) is 10.9 Å². The minimum atomic E-state index is -0.841. The first kappa shape index (κ1) is 43.3. The van der Waals surface area contributed by atoms with E-state index >= 15 is 0 Å². The van der Waals surface area contributed by atoms with Gasteiger partial charge in [-0.2, -0.15) is 0 Å². The van der Waals surface area contributed by atoms with Crippen LogP contribution in [-0.2, 0) is 11.2 Å². The predicted molar refractivity (Wildman–Crippen MR) is 243 cm³/mol. The Bertz CT molecular complexity index is 2550. The number of hydrogen-bond donors (Lipinski definition) is 5. The third-order valence-corrected chi connectivity index (χ3v) is 11.9. The van der Waals surface area contributed by atoms with Gasteiger partial charge in [0.2, 0.25) is 0 Å². The number of phenols is 2. The van der Waals surface area contributed by atoms with E-state index in [1.807, 2.05) is 48.2 Å². The summed E-state index contributed by atoms with van der Waals surface area (Å²) in [5.74, 6) is -0.527. The van der Waals surface area contributed by atoms with Crippen molar-refractivity contribution in [1.29, 1.82) is 10.8 Å². The molecule has 62 heavy (non-hydrogen) atoms. The largest absolute Gasteiger partial charge is 0.504 e. The normalized spacial score (nSPS) is 15.8. The number of aromatic hydroxyl groups is 2. The molecular formula is C49H49ClN6O6. The molecule has 2 amide bonds. The van der Waals surface area contributed by atoms with Gasteiger partial charge in [-0.25, -0.2) is 0 Å². The molecule has 0 aliphatic carbocycles. The summed E-state index contributed by atoms with van der Waals surface area (Å²) in [5.41, 5.74) is 6.06. The van der Waals surface area contributed by atoms with E-state index in [-0.39, 0.29) is 58.7 Å². The summed E-state index contributed by atoms with van der Waals surface area (Å²) in [7, 11) is 1.58. The molecule has 5 N–H and O–H groups in total. The van der Waals surface area contributed by atoms with Crippen molar-refractivity contribution in [3.63, 3.8) is 0 Å². The highest BCUT2D eigenvalue weighted by molar-refractivity contribution is 6.31. The van der Waals surface area contributed by atoms with E-state index in [2.05, 4.69) is 17.4 Å². The molecule has 0 spiro atoms. The van der Waals surface area contributed by atoms with Crippen LogP contribution in [0.4, 0.5) is 11.4 Å². The Labute approximate surface area is 365 Å². The number of likely N-dealkylation sites (tertiary alicyclic amines) is 1. The summed E-state index contributed by atoms with van der Waals surface area (Å²) >= 11 is 6.25. The number of hydrogen-bond acceptors (Lipinski definition) is 9. The Morgan fingerprint density at radius 2 is 1.61 bits per heavy atom. The van der Waals surface area contributed by atoms with Gasteiger partial charge in [0.1, 0.15) is 29.2 Å². The zero-order chi connectivity index (χ0) is 44.1. The van der Waals surface area contributed by atoms with E-state index in [1.54, 1.807) is 61.4 Å². The van der Waals surface area contributed by atoms with Crippen LogP contribution >= 0.6 is 11.6 Å². The fourth-order valence-electron chi connectivity index (χ4n) is 8.20. The van der Waals surface area contributed by atoms with Gasteiger partial charge in [0, 0.05) is 58.4 Å². The van der Waals surface area contributed by atoms with Crippen LogP contribution in [0.25, 0.3) is 0 Å². The van der Waals surface area contributed by atoms with E-state index in [1.165, 1.54) is 23.8 Å². The molecule has 13 heteroatoms. The third kappa shape index (κ3) is 9.55. The standard InChI is InChI=1S/C49H49ClN6O6/c1-4-31(44(58)28-41-47(52)56(29(2)51)42-18-17-39(62-3)27-40(42)46(54-41)33-8-13-37(50)14-9-33)24-30-6-5-7-35(25-30)32-20-22-55(23-21-32)49(61)34-10-15-38(16-11-34)53-48(60)36-12-19-43(57)45(59)26-36/h5-19,25-27,31-32,41,51-52,57,59H,4,20-24,28H2,1-3H3,(H,53,60). The van der Waals surface area contributed by atoms with Crippen LogP contribution in [0.1, 0.15) is 88.4 Å². The number of amides is 2. The Kier molecular flexibility index (Phi) is 13.2. The van der Waals surface area contributed by atoms with E-state index in [0.717, 1.165) is 24.0 Å². The van der Waals surface area contributed by atoms with E-state index in [9.17, 15) is 30.0 Å². The second kappa shape index (κ2) is 18.9. The number of methoxy groups -OCH3 is 1. The number of aliphatic imine (C=N–C) groups is 1. The molecule has 0 aromatic heterocycles. The number of piperidine rings is 1. The summed E-state index contributed by atoms with van der Waals surface area (Å²) < 4.78 is 5.55. The van der Waals surface area contributed by atoms with Crippen molar-refractivity contribution in [2.75, 3.05) is 30.4 Å². The highest BCUT2D eigenvalue weighted by atomic mass is 35.5.